The van der Waals surface area contributed by atoms with Crippen molar-refractivity contribution in [2.24, 2.45) is 5.41 Å². The van der Waals surface area contributed by atoms with Crippen molar-refractivity contribution < 1.29 is 9.47 Å². The Morgan fingerprint density at radius 1 is 1.50 bits per heavy atom. The summed E-state index contributed by atoms with van der Waals surface area (Å²) in [6.07, 6.45) is 2.22. The van der Waals surface area contributed by atoms with E-state index in [0.29, 0.717) is 17.5 Å². The Labute approximate surface area is 112 Å². The van der Waals surface area contributed by atoms with Gasteiger partial charge in [-0.1, -0.05) is 13.8 Å². The van der Waals surface area contributed by atoms with Crippen molar-refractivity contribution in [2.45, 2.75) is 45.7 Å². The van der Waals surface area contributed by atoms with Crippen LogP contribution in [0.25, 0.3) is 0 Å². The van der Waals surface area contributed by atoms with Gasteiger partial charge in [-0.25, -0.2) is 0 Å². The van der Waals surface area contributed by atoms with Gasteiger partial charge in [0.15, 0.2) is 0 Å². The second kappa shape index (κ2) is 8.10. The van der Waals surface area contributed by atoms with Gasteiger partial charge in [-0.15, -0.1) is 0 Å². The third-order valence-corrected chi connectivity index (χ3v) is 3.55. The molecule has 0 radical (unpaired) electrons. The zero-order valence-corrected chi connectivity index (χ0v) is 12.4. The molecule has 1 rings (SSSR count). The van der Waals surface area contributed by atoms with Gasteiger partial charge < -0.3 is 20.1 Å². The van der Waals surface area contributed by atoms with Crippen LogP contribution in [0.2, 0.25) is 0 Å². The summed E-state index contributed by atoms with van der Waals surface area (Å²) < 4.78 is 10.6. The van der Waals surface area contributed by atoms with Crippen LogP contribution in [-0.2, 0) is 9.47 Å². The fourth-order valence-electron chi connectivity index (χ4n) is 2.20. The first kappa shape index (κ1) is 15.9. The maximum Gasteiger partial charge on any atom is 0.0620 e. The average Bonchev–Trinajstić information content (AvgIpc) is 2.36. The van der Waals surface area contributed by atoms with Gasteiger partial charge >= 0.3 is 0 Å². The predicted octanol–water partition coefficient (Wildman–Crippen LogP) is 1.41. The molecule has 2 atom stereocenters. The van der Waals surface area contributed by atoms with Gasteiger partial charge in [-0.2, -0.15) is 0 Å². The Hall–Kier alpha value is -0.160. The zero-order valence-electron chi connectivity index (χ0n) is 12.4. The number of nitrogens with one attached hydrogen (secondary N) is 2. The van der Waals surface area contributed by atoms with Crippen LogP contribution in [0.1, 0.15) is 33.6 Å². The normalized spacial score (nSPS) is 23.0. The fraction of sp³-hybridized carbons (Fsp3) is 1.00. The molecule has 0 saturated carbocycles. The van der Waals surface area contributed by atoms with E-state index in [1.165, 1.54) is 0 Å². The van der Waals surface area contributed by atoms with E-state index in [2.05, 4.69) is 31.4 Å². The molecule has 1 saturated heterocycles. The van der Waals surface area contributed by atoms with Crippen molar-refractivity contribution in [1.82, 2.24) is 10.6 Å². The summed E-state index contributed by atoms with van der Waals surface area (Å²) in [5.74, 6) is 0. The van der Waals surface area contributed by atoms with E-state index in [-0.39, 0.29) is 0 Å². The summed E-state index contributed by atoms with van der Waals surface area (Å²) >= 11 is 0. The lowest BCUT2D eigenvalue weighted by Crippen LogP contribution is -2.46. The van der Waals surface area contributed by atoms with Crippen LogP contribution in [0.4, 0.5) is 0 Å². The minimum absolute atomic E-state index is 0.292. The van der Waals surface area contributed by atoms with Gasteiger partial charge in [-0.05, 0) is 25.2 Å². The van der Waals surface area contributed by atoms with Crippen LogP contribution in [0.5, 0.6) is 0 Å². The molecule has 0 spiro atoms. The number of ether oxygens (including phenoxy) is 2. The largest absolute Gasteiger partial charge is 0.385 e. The van der Waals surface area contributed by atoms with E-state index in [1.54, 1.807) is 7.11 Å². The van der Waals surface area contributed by atoms with Gasteiger partial charge in [0.1, 0.15) is 0 Å². The number of hydrogen-bond acceptors (Lipinski definition) is 4. The predicted molar refractivity (Wildman–Crippen MR) is 75.0 cm³/mol. The third kappa shape index (κ3) is 6.69. The van der Waals surface area contributed by atoms with Crippen molar-refractivity contribution in [3.8, 4) is 0 Å². The Kier molecular flexibility index (Phi) is 7.15. The van der Waals surface area contributed by atoms with Crippen LogP contribution >= 0.6 is 0 Å². The molecule has 18 heavy (non-hydrogen) atoms. The van der Waals surface area contributed by atoms with Crippen LogP contribution in [0, 0.1) is 5.41 Å². The maximum absolute atomic E-state index is 5.47. The fourth-order valence-corrected chi connectivity index (χ4v) is 2.20. The topological polar surface area (TPSA) is 42.5 Å². The van der Waals surface area contributed by atoms with Crippen molar-refractivity contribution in [3.63, 3.8) is 0 Å². The first-order valence-electron chi connectivity index (χ1n) is 7.07. The second-order valence-electron chi connectivity index (χ2n) is 6.15. The summed E-state index contributed by atoms with van der Waals surface area (Å²) in [5, 5.41) is 7.12. The molecule has 2 unspecified atom stereocenters. The van der Waals surface area contributed by atoms with Gasteiger partial charge in [0.25, 0.3) is 0 Å². The van der Waals surface area contributed by atoms with E-state index in [0.717, 1.165) is 45.8 Å². The zero-order chi connectivity index (χ0) is 13.4. The molecular formula is C14H30N2O2. The number of rotatable bonds is 8. The highest BCUT2D eigenvalue weighted by Crippen LogP contribution is 2.19. The maximum atomic E-state index is 5.47. The van der Waals surface area contributed by atoms with Crippen molar-refractivity contribution >= 4 is 0 Å². The summed E-state index contributed by atoms with van der Waals surface area (Å²) in [5.41, 5.74) is 0.292. The number of morpholine rings is 1. The van der Waals surface area contributed by atoms with Crippen molar-refractivity contribution in [1.29, 1.82) is 0 Å². The molecule has 0 amide bonds. The van der Waals surface area contributed by atoms with Crippen molar-refractivity contribution in [3.05, 3.63) is 0 Å². The van der Waals surface area contributed by atoms with E-state index < -0.39 is 0 Å². The van der Waals surface area contributed by atoms with Crippen LogP contribution < -0.4 is 10.6 Å². The lowest BCUT2D eigenvalue weighted by molar-refractivity contribution is 0.0705. The van der Waals surface area contributed by atoms with Gasteiger partial charge in [0.2, 0.25) is 0 Å². The SMILES string of the molecule is COCCC(C)(C)CNC(C)CC1COCCN1. The van der Waals surface area contributed by atoms with E-state index in [4.69, 9.17) is 9.47 Å². The molecular weight excluding hydrogens is 228 g/mol. The molecule has 1 heterocycles. The first-order valence-corrected chi connectivity index (χ1v) is 7.07. The molecule has 0 aromatic rings. The molecule has 0 aliphatic carbocycles. The molecule has 0 bridgehead atoms. The van der Waals surface area contributed by atoms with Crippen LogP contribution in [0.15, 0.2) is 0 Å². The Morgan fingerprint density at radius 2 is 2.28 bits per heavy atom. The summed E-state index contributed by atoms with van der Waals surface area (Å²) in [7, 11) is 1.76. The van der Waals surface area contributed by atoms with Crippen LogP contribution in [-0.4, -0.2) is 52.1 Å². The van der Waals surface area contributed by atoms with E-state index >= 15 is 0 Å². The molecule has 1 aliphatic rings. The molecule has 1 fully saturated rings. The molecule has 108 valence electrons. The lowest BCUT2D eigenvalue weighted by Gasteiger charge is -2.30. The van der Waals surface area contributed by atoms with Gasteiger partial charge in [-0.3, -0.25) is 0 Å². The Bertz CT molecular complexity index is 216. The van der Waals surface area contributed by atoms with Crippen molar-refractivity contribution in [2.75, 3.05) is 40.0 Å². The van der Waals surface area contributed by atoms with Crippen LogP contribution in [0.3, 0.4) is 0 Å². The molecule has 2 N–H and O–H groups in total. The summed E-state index contributed by atoms with van der Waals surface area (Å²) in [6, 6.07) is 1.02. The van der Waals surface area contributed by atoms with E-state index in [1.807, 2.05) is 0 Å². The van der Waals surface area contributed by atoms with Gasteiger partial charge in [0, 0.05) is 38.9 Å². The second-order valence-corrected chi connectivity index (χ2v) is 6.15. The summed E-state index contributed by atoms with van der Waals surface area (Å²) in [6.45, 7) is 11.4. The average molecular weight is 258 g/mol. The quantitative estimate of drug-likeness (QED) is 0.691. The molecule has 0 aromatic carbocycles. The molecule has 4 heteroatoms. The first-order chi connectivity index (χ1) is 8.53. The highest BCUT2D eigenvalue weighted by atomic mass is 16.5. The Balaban J connectivity index is 2.16. The minimum atomic E-state index is 0.292. The summed E-state index contributed by atoms with van der Waals surface area (Å²) in [4.78, 5) is 0. The third-order valence-electron chi connectivity index (χ3n) is 3.55. The highest BCUT2D eigenvalue weighted by Gasteiger charge is 2.20. The highest BCUT2D eigenvalue weighted by molar-refractivity contribution is 4.78. The lowest BCUT2D eigenvalue weighted by atomic mass is 9.89. The standard InChI is InChI=1S/C14H30N2O2/c1-12(9-13-10-18-8-6-15-13)16-11-14(2,3)5-7-17-4/h12-13,15-16H,5-11H2,1-4H3. The molecule has 1 aliphatic heterocycles. The van der Waals surface area contributed by atoms with Gasteiger partial charge in [0.05, 0.1) is 13.2 Å². The Morgan fingerprint density at radius 3 is 2.89 bits per heavy atom. The van der Waals surface area contributed by atoms with E-state index in [9.17, 15) is 0 Å². The monoisotopic (exact) mass is 258 g/mol. The smallest absolute Gasteiger partial charge is 0.0620 e. The minimum Gasteiger partial charge on any atom is -0.385 e. The number of methoxy groups -OCH3 is 1. The number of hydrogen-bond donors (Lipinski definition) is 2. The molecule has 0 aromatic heterocycles. The molecule has 4 nitrogen and oxygen atoms in total.